The molecule has 0 aliphatic heterocycles. The molecule has 0 aliphatic rings. The zero-order valence-electron chi connectivity index (χ0n) is 12.7. The molecule has 0 radical (unpaired) electrons. The number of hydrogen-bond acceptors (Lipinski definition) is 2. The van der Waals surface area contributed by atoms with Crippen molar-refractivity contribution in [3.05, 3.63) is 81.8 Å². The van der Waals surface area contributed by atoms with Gasteiger partial charge in [0.1, 0.15) is 0 Å². The van der Waals surface area contributed by atoms with Gasteiger partial charge in [-0.25, -0.2) is 13.1 Å². The number of hydrogen-bond donors (Lipinski definition) is 1. The molecule has 0 aliphatic carbocycles. The van der Waals surface area contributed by atoms with Crippen LogP contribution >= 0.6 is 23.2 Å². The molecule has 1 N–H and O–H groups in total. The van der Waals surface area contributed by atoms with Crippen molar-refractivity contribution < 1.29 is 8.42 Å². The fourth-order valence-corrected chi connectivity index (χ4v) is 4.32. The monoisotopic (exact) mass is 379 g/mol. The van der Waals surface area contributed by atoms with Crippen LogP contribution in [0.15, 0.2) is 60.7 Å². The Labute approximate surface area is 151 Å². The second kappa shape index (κ2) is 7.11. The highest BCUT2D eigenvalue weighted by molar-refractivity contribution is 7.88. The van der Waals surface area contributed by atoms with Gasteiger partial charge in [0.2, 0.25) is 10.0 Å². The third-order valence-electron chi connectivity index (χ3n) is 3.71. The Balaban J connectivity index is 1.74. The number of halogens is 2. The summed E-state index contributed by atoms with van der Waals surface area (Å²) in [7, 11) is -3.55. The van der Waals surface area contributed by atoms with E-state index in [2.05, 4.69) is 4.72 Å². The molecule has 3 rings (SSSR count). The summed E-state index contributed by atoms with van der Waals surface area (Å²) >= 11 is 12.1. The molecule has 6 heteroatoms. The first kappa shape index (κ1) is 17.2. The Morgan fingerprint density at radius 2 is 1.50 bits per heavy atom. The van der Waals surface area contributed by atoms with Gasteiger partial charge in [0.05, 0.1) is 5.75 Å². The Kier molecular flexibility index (Phi) is 5.11. The van der Waals surface area contributed by atoms with Crippen molar-refractivity contribution in [1.29, 1.82) is 0 Å². The molecule has 124 valence electrons. The number of sulfonamides is 1. The van der Waals surface area contributed by atoms with Gasteiger partial charge >= 0.3 is 0 Å². The summed E-state index contributed by atoms with van der Waals surface area (Å²) in [6, 6.07) is 18.7. The topological polar surface area (TPSA) is 46.2 Å². The summed E-state index contributed by atoms with van der Waals surface area (Å²) in [5.74, 6) is -0.251. The number of nitrogens with one attached hydrogen (secondary N) is 1. The molecule has 0 saturated heterocycles. The lowest BCUT2D eigenvalue weighted by Gasteiger charge is -2.10. The van der Waals surface area contributed by atoms with Crippen molar-refractivity contribution in [2.24, 2.45) is 0 Å². The van der Waals surface area contributed by atoms with E-state index in [-0.39, 0.29) is 12.3 Å². The Morgan fingerprint density at radius 1 is 0.833 bits per heavy atom. The van der Waals surface area contributed by atoms with Crippen molar-refractivity contribution in [2.45, 2.75) is 12.3 Å². The summed E-state index contributed by atoms with van der Waals surface area (Å²) in [5.41, 5.74) is 1.30. The van der Waals surface area contributed by atoms with Gasteiger partial charge in [-0.2, -0.15) is 0 Å². The fraction of sp³-hybridized carbons (Fsp3) is 0.111. The minimum Gasteiger partial charge on any atom is -0.212 e. The van der Waals surface area contributed by atoms with E-state index in [1.807, 2.05) is 42.5 Å². The molecule has 0 saturated carbocycles. The van der Waals surface area contributed by atoms with E-state index < -0.39 is 10.0 Å². The van der Waals surface area contributed by atoms with Crippen LogP contribution in [0.2, 0.25) is 10.0 Å². The van der Waals surface area contributed by atoms with Gasteiger partial charge in [-0.15, -0.1) is 0 Å². The zero-order chi connectivity index (χ0) is 17.2. The molecule has 0 fully saturated rings. The molecule has 0 unspecified atom stereocenters. The molecule has 0 heterocycles. The van der Waals surface area contributed by atoms with Crippen LogP contribution in [-0.2, 0) is 22.3 Å². The first-order valence-electron chi connectivity index (χ1n) is 7.32. The molecule has 0 atom stereocenters. The molecule has 3 aromatic rings. The maximum absolute atomic E-state index is 12.3. The van der Waals surface area contributed by atoms with Crippen LogP contribution in [0.3, 0.4) is 0 Å². The zero-order valence-corrected chi connectivity index (χ0v) is 15.0. The maximum atomic E-state index is 12.3. The molecule has 3 nitrogen and oxygen atoms in total. The van der Waals surface area contributed by atoms with Crippen LogP contribution in [0.1, 0.15) is 11.1 Å². The highest BCUT2D eigenvalue weighted by atomic mass is 35.5. The van der Waals surface area contributed by atoms with Crippen molar-refractivity contribution in [3.8, 4) is 0 Å². The van der Waals surface area contributed by atoms with E-state index in [0.29, 0.717) is 15.6 Å². The summed E-state index contributed by atoms with van der Waals surface area (Å²) in [4.78, 5) is 0. The van der Waals surface area contributed by atoms with Crippen LogP contribution in [0.25, 0.3) is 10.8 Å². The highest BCUT2D eigenvalue weighted by Crippen LogP contribution is 2.26. The van der Waals surface area contributed by atoms with Crippen molar-refractivity contribution in [1.82, 2.24) is 4.72 Å². The normalized spacial score (nSPS) is 11.8. The predicted octanol–water partition coefficient (Wildman–Crippen LogP) is 4.77. The van der Waals surface area contributed by atoms with Crippen molar-refractivity contribution in [3.63, 3.8) is 0 Å². The van der Waals surface area contributed by atoms with Gasteiger partial charge in [-0.3, -0.25) is 0 Å². The van der Waals surface area contributed by atoms with E-state index in [4.69, 9.17) is 23.2 Å². The second-order valence-corrected chi connectivity index (χ2v) is 8.08. The Morgan fingerprint density at radius 3 is 2.21 bits per heavy atom. The minimum absolute atomic E-state index is 0.217. The molecule has 3 aromatic carbocycles. The summed E-state index contributed by atoms with van der Waals surface area (Å²) < 4.78 is 27.2. The summed E-state index contributed by atoms with van der Waals surface area (Å²) in [5, 5.41) is 2.88. The maximum Gasteiger partial charge on any atom is 0.216 e. The van der Waals surface area contributed by atoms with E-state index >= 15 is 0 Å². The van der Waals surface area contributed by atoms with Crippen molar-refractivity contribution in [2.75, 3.05) is 0 Å². The van der Waals surface area contributed by atoms with Gasteiger partial charge in [0.15, 0.2) is 0 Å². The van der Waals surface area contributed by atoms with E-state index in [9.17, 15) is 8.42 Å². The predicted molar refractivity (Wildman–Crippen MR) is 99.9 cm³/mol. The summed E-state index contributed by atoms with van der Waals surface area (Å²) in [6.07, 6.45) is 0. The summed E-state index contributed by atoms with van der Waals surface area (Å²) in [6.45, 7) is 0.217. The average molecular weight is 380 g/mol. The van der Waals surface area contributed by atoms with Gasteiger partial charge in [-0.1, -0.05) is 65.7 Å². The molecule has 0 aromatic heterocycles. The van der Waals surface area contributed by atoms with Gasteiger partial charge in [0.25, 0.3) is 0 Å². The van der Waals surface area contributed by atoms with E-state index in [0.717, 1.165) is 16.3 Å². The lowest BCUT2D eigenvalue weighted by atomic mass is 10.1. The number of rotatable bonds is 5. The molecular formula is C18H15Cl2NO2S. The van der Waals surface area contributed by atoms with Crippen LogP contribution < -0.4 is 4.72 Å². The van der Waals surface area contributed by atoms with Gasteiger partial charge in [0, 0.05) is 22.2 Å². The van der Waals surface area contributed by atoms with E-state index in [1.54, 1.807) is 18.2 Å². The average Bonchev–Trinajstić information content (AvgIpc) is 2.56. The second-order valence-electron chi connectivity index (χ2n) is 5.46. The van der Waals surface area contributed by atoms with Crippen LogP contribution in [0.5, 0.6) is 0 Å². The lowest BCUT2D eigenvalue weighted by molar-refractivity contribution is 0.580. The minimum atomic E-state index is -3.55. The molecular weight excluding hydrogens is 365 g/mol. The van der Waals surface area contributed by atoms with Crippen molar-refractivity contribution >= 4 is 44.0 Å². The smallest absolute Gasteiger partial charge is 0.212 e. The fourth-order valence-electron chi connectivity index (χ4n) is 2.45. The standard InChI is InChI=1S/C18H15Cl2NO2S/c19-17-6-3-7-18(20)16(17)12-24(22,23)21-11-13-8-9-14-4-1-2-5-15(14)10-13/h1-10,21H,11-12H2. The van der Waals surface area contributed by atoms with Crippen LogP contribution in [-0.4, -0.2) is 8.42 Å². The molecule has 0 bridgehead atoms. The molecule has 0 amide bonds. The Bertz CT molecular complexity index is 967. The lowest BCUT2D eigenvalue weighted by Crippen LogP contribution is -2.25. The Hall–Kier alpha value is -1.59. The van der Waals surface area contributed by atoms with Gasteiger partial charge < -0.3 is 0 Å². The van der Waals surface area contributed by atoms with Gasteiger partial charge in [-0.05, 0) is 34.5 Å². The molecule has 0 spiro atoms. The van der Waals surface area contributed by atoms with E-state index in [1.165, 1.54) is 0 Å². The molecule has 24 heavy (non-hydrogen) atoms. The highest BCUT2D eigenvalue weighted by Gasteiger charge is 2.16. The largest absolute Gasteiger partial charge is 0.216 e. The number of benzene rings is 3. The SMILES string of the molecule is O=S(=O)(Cc1c(Cl)cccc1Cl)NCc1ccc2ccccc2c1. The van der Waals surface area contributed by atoms with Crippen LogP contribution in [0, 0.1) is 0 Å². The first-order valence-corrected chi connectivity index (χ1v) is 9.73. The number of fused-ring (bicyclic) bond motifs is 1. The third kappa shape index (κ3) is 4.08. The third-order valence-corrected chi connectivity index (χ3v) is 5.67. The first-order chi connectivity index (χ1) is 11.4. The van der Waals surface area contributed by atoms with Crippen LogP contribution in [0.4, 0.5) is 0 Å². The quantitative estimate of drug-likeness (QED) is 0.693.